The summed E-state index contributed by atoms with van der Waals surface area (Å²) in [6.45, 7) is 4.59. The topological polar surface area (TPSA) is 136 Å². The smallest absolute Gasteiger partial charge is 0.338 e. The number of carbonyl (C=O) groups is 2. The monoisotopic (exact) mass is 393 g/mol. The highest BCUT2D eigenvalue weighted by Gasteiger charge is 2.52. The molecule has 28 heavy (non-hydrogen) atoms. The molecule has 0 heterocycles. The molecule has 0 radical (unpaired) electrons. The Morgan fingerprint density at radius 1 is 1.29 bits per heavy atom. The molecule has 1 aromatic rings. The minimum absolute atomic E-state index is 0.0255. The summed E-state index contributed by atoms with van der Waals surface area (Å²) in [5, 5.41) is 32.5. The van der Waals surface area contributed by atoms with Gasteiger partial charge < -0.3 is 19.7 Å². The molecule has 0 aliphatic heterocycles. The average Bonchev–Trinajstić information content (AvgIpc) is 2.60. The molecule has 1 aliphatic carbocycles. The number of nitrogens with zero attached hydrogens (tertiary/aromatic N) is 1. The number of aliphatic hydroxyl groups excluding tert-OH is 1. The molecule has 1 aliphatic rings. The van der Waals surface area contributed by atoms with Gasteiger partial charge in [-0.3, -0.25) is 14.9 Å². The first-order chi connectivity index (χ1) is 13.1. The van der Waals surface area contributed by atoms with Crippen LogP contribution in [0.1, 0.15) is 38.7 Å². The van der Waals surface area contributed by atoms with Crippen LogP contribution < -0.4 is 0 Å². The van der Waals surface area contributed by atoms with Gasteiger partial charge in [-0.1, -0.05) is 12.1 Å². The summed E-state index contributed by atoms with van der Waals surface area (Å²) in [6, 6.07) is 5.35. The number of benzene rings is 1. The quantitative estimate of drug-likeness (QED) is 0.427. The number of hydrogen-bond acceptors (Lipinski definition) is 8. The normalized spacial score (nSPS) is 24.6. The van der Waals surface area contributed by atoms with E-state index < -0.39 is 40.1 Å². The molecule has 1 aromatic carbocycles. The van der Waals surface area contributed by atoms with E-state index in [0.29, 0.717) is 0 Å². The molecular formula is C19H23NO8. The molecule has 9 nitrogen and oxygen atoms in total. The van der Waals surface area contributed by atoms with E-state index in [-0.39, 0.29) is 36.5 Å². The first-order valence-electron chi connectivity index (χ1n) is 8.86. The van der Waals surface area contributed by atoms with Crippen molar-refractivity contribution in [2.75, 3.05) is 13.2 Å². The number of aliphatic hydroxyl groups is 2. The van der Waals surface area contributed by atoms with Crippen molar-refractivity contribution in [1.82, 2.24) is 0 Å². The Hall–Kier alpha value is -2.94. The Labute approximate surface area is 161 Å². The van der Waals surface area contributed by atoms with Crippen LogP contribution in [0, 0.1) is 16.0 Å². The zero-order valence-electron chi connectivity index (χ0n) is 15.9. The van der Waals surface area contributed by atoms with E-state index >= 15 is 0 Å². The molecule has 0 bridgehead atoms. The SMILES string of the molecule is CCOC(=O)C1=C(O)CC(C)(O)C(C(=O)OCC)C1c1cccc([N+](=O)[O-])c1. The minimum atomic E-state index is -1.75. The Bertz CT molecular complexity index is 814. The van der Waals surface area contributed by atoms with Crippen molar-refractivity contribution in [3.05, 3.63) is 51.3 Å². The first kappa shape index (κ1) is 21.4. The average molecular weight is 393 g/mol. The van der Waals surface area contributed by atoms with Crippen LogP contribution in [0.15, 0.2) is 35.6 Å². The van der Waals surface area contributed by atoms with Crippen molar-refractivity contribution in [1.29, 1.82) is 0 Å². The molecule has 2 rings (SSSR count). The van der Waals surface area contributed by atoms with Crippen LogP contribution in [-0.4, -0.2) is 45.9 Å². The highest BCUT2D eigenvalue weighted by Crippen LogP contribution is 2.47. The standard InChI is InChI=1S/C19H23NO8/c1-4-27-17(22)15-13(21)10-19(3,24)16(18(23)28-5-2)14(15)11-7-6-8-12(9-11)20(25)26/h6-9,14,16,21,24H,4-5,10H2,1-3H3. The van der Waals surface area contributed by atoms with Crippen LogP contribution in [-0.2, 0) is 19.1 Å². The van der Waals surface area contributed by atoms with Crippen LogP contribution in [0.25, 0.3) is 0 Å². The zero-order chi connectivity index (χ0) is 21.1. The van der Waals surface area contributed by atoms with Crippen LogP contribution >= 0.6 is 0 Å². The summed E-state index contributed by atoms with van der Waals surface area (Å²) in [7, 11) is 0. The van der Waals surface area contributed by atoms with Crippen molar-refractivity contribution in [2.24, 2.45) is 5.92 Å². The molecule has 3 unspecified atom stereocenters. The Kier molecular flexibility index (Phi) is 6.40. The van der Waals surface area contributed by atoms with Gasteiger partial charge in [-0.15, -0.1) is 0 Å². The number of non-ortho nitro benzene ring substituents is 1. The van der Waals surface area contributed by atoms with Gasteiger partial charge in [0.15, 0.2) is 0 Å². The first-order valence-corrected chi connectivity index (χ1v) is 8.86. The summed E-state index contributed by atoms with van der Waals surface area (Å²) in [5.41, 5.74) is -2.01. The van der Waals surface area contributed by atoms with E-state index in [9.17, 15) is 29.9 Å². The summed E-state index contributed by atoms with van der Waals surface area (Å²) >= 11 is 0. The fourth-order valence-corrected chi connectivity index (χ4v) is 3.52. The largest absolute Gasteiger partial charge is 0.512 e. The molecule has 0 fully saturated rings. The van der Waals surface area contributed by atoms with Crippen LogP contribution in [0.5, 0.6) is 0 Å². The molecular weight excluding hydrogens is 370 g/mol. The number of rotatable bonds is 6. The lowest BCUT2D eigenvalue weighted by Gasteiger charge is -2.41. The van der Waals surface area contributed by atoms with Crippen molar-refractivity contribution in [3.8, 4) is 0 Å². The predicted octanol–water partition coefficient (Wildman–Crippen LogP) is 2.39. The number of nitro groups is 1. The molecule has 0 amide bonds. The lowest BCUT2D eigenvalue weighted by molar-refractivity contribution is -0.384. The van der Waals surface area contributed by atoms with Crippen molar-refractivity contribution < 1.29 is 34.2 Å². The van der Waals surface area contributed by atoms with Gasteiger partial charge >= 0.3 is 11.9 Å². The number of hydrogen-bond donors (Lipinski definition) is 2. The van der Waals surface area contributed by atoms with Crippen LogP contribution in [0.4, 0.5) is 5.69 Å². The Balaban J connectivity index is 2.72. The van der Waals surface area contributed by atoms with Crippen molar-refractivity contribution in [2.45, 2.75) is 38.7 Å². The number of nitro benzene ring substituents is 1. The van der Waals surface area contributed by atoms with E-state index in [1.54, 1.807) is 13.8 Å². The Morgan fingerprint density at radius 2 is 1.93 bits per heavy atom. The second-order valence-electron chi connectivity index (χ2n) is 6.67. The third kappa shape index (κ3) is 4.14. The fourth-order valence-electron chi connectivity index (χ4n) is 3.52. The van der Waals surface area contributed by atoms with E-state index in [0.717, 1.165) is 0 Å². The minimum Gasteiger partial charge on any atom is -0.512 e. The number of carbonyl (C=O) groups excluding carboxylic acids is 2. The summed E-state index contributed by atoms with van der Waals surface area (Å²) < 4.78 is 10.1. The fraction of sp³-hybridized carbons (Fsp3) is 0.474. The van der Waals surface area contributed by atoms with Gasteiger partial charge in [0.05, 0.1) is 35.2 Å². The Morgan fingerprint density at radius 3 is 2.50 bits per heavy atom. The molecule has 0 saturated heterocycles. The molecule has 0 spiro atoms. The van der Waals surface area contributed by atoms with Crippen molar-refractivity contribution in [3.63, 3.8) is 0 Å². The van der Waals surface area contributed by atoms with Gasteiger partial charge in [0.25, 0.3) is 5.69 Å². The van der Waals surface area contributed by atoms with E-state index in [4.69, 9.17) is 9.47 Å². The molecule has 3 atom stereocenters. The third-order valence-corrected chi connectivity index (χ3v) is 4.63. The van der Waals surface area contributed by atoms with Gasteiger partial charge in [-0.05, 0) is 26.3 Å². The molecule has 152 valence electrons. The summed E-state index contributed by atoms with van der Waals surface area (Å²) in [4.78, 5) is 35.8. The molecule has 0 saturated carbocycles. The lowest BCUT2D eigenvalue weighted by Crippen LogP contribution is -2.49. The molecule has 2 N–H and O–H groups in total. The van der Waals surface area contributed by atoms with Gasteiger partial charge in [-0.2, -0.15) is 0 Å². The molecule has 0 aromatic heterocycles. The van der Waals surface area contributed by atoms with Gasteiger partial charge in [0.2, 0.25) is 0 Å². The van der Waals surface area contributed by atoms with E-state index in [2.05, 4.69) is 0 Å². The second-order valence-corrected chi connectivity index (χ2v) is 6.67. The van der Waals surface area contributed by atoms with Crippen LogP contribution in [0.3, 0.4) is 0 Å². The van der Waals surface area contributed by atoms with Gasteiger partial charge in [0.1, 0.15) is 5.76 Å². The van der Waals surface area contributed by atoms with Gasteiger partial charge in [0, 0.05) is 24.5 Å². The summed E-state index contributed by atoms with van der Waals surface area (Å²) in [5.74, 6) is -4.52. The predicted molar refractivity (Wildman–Crippen MR) is 97.5 cm³/mol. The van der Waals surface area contributed by atoms with Gasteiger partial charge in [-0.25, -0.2) is 4.79 Å². The third-order valence-electron chi connectivity index (χ3n) is 4.63. The lowest BCUT2D eigenvalue weighted by atomic mass is 9.66. The van der Waals surface area contributed by atoms with Crippen molar-refractivity contribution >= 4 is 17.6 Å². The maximum absolute atomic E-state index is 12.7. The molecule has 9 heteroatoms. The number of esters is 2. The highest BCUT2D eigenvalue weighted by molar-refractivity contribution is 5.93. The maximum atomic E-state index is 12.7. The number of ether oxygens (including phenoxy) is 2. The van der Waals surface area contributed by atoms with E-state index in [1.807, 2.05) is 0 Å². The van der Waals surface area contributed by atoms with Crippen LogP contribution in [0.2, 0.25) is 0 Å². The maximum Gasteiger partial charge on any atom is 0.338 e. The summed E-state index contributed by atoms with van der Waals surface area (Å²) in [6.07, 6.45) is -0.365. The second kappa shape index (κ2) is 8.39. The highest BCUT2D eigenvalue weighted by atomic mass is 16.6. The van der Waals surface area contributed by atoms with E-state index in [1.165, 1.54) is 31.2 Å². The zero-order valence-corrected chi connectivity index (χ0v) is 15.9.